The third-order valence-corrected chi connectivity index (χ3v) is 3.15. The zero-order valence-corrected chi connectivity index (χ0v) is 12.9. The van der Waals surface area contributed by atoms with E-state index >= 15 is 0 Å². The summed E-state index contributed by atoms with van der Waals surface area (Å²) in [6.45, 7) is 8.75. The lowest BCUT2D eigenvalue weighted by molar-refractivity contribution is 0.615. The van der Waals surface area contributed by atoms with Crippen LogP contribution in [0.1, 0.15) is 26.5 Å². The molecule has 0 unspecified atom stereocenters. The number of halogens is 1. The van der Waals surface area contributed by atoms with Crippen LogP contribution in [0.3, 0.4) is 0 Å². The number of hydrogen-bond donors (Lipinski definition) is 2. The Bertz CT molecular complexity index is 376. The minimum absolute atomic E-state index is 0.584. The van der Waals surface area contributed by atoms with Crippen LogP contribution in [0.5, 0.6) is 0 Å². The van der Waals surface area contributed by atoms with Gasteiger partial charge in [0.1, 0.15) is 0 Å². The number of rotatable bonds is 5. The number of nitrogens with zero attached hydrogens (tertiary/aromatic N) is 2. The highest BCUT2D eigenvalue weighted by Crippen LogP contribution is 2.14. The largest absolute Gasteiger partial charge is 0.362 e. The molecule has 0 saturated carbocycles. The van der Waals surface area contributed by atoms with Gasteiger partial charge in [-0.25, -0.2) is 0 Å². The Kier molecular flexibility index (Phi) is 5.91. The molecule has 1 rings (SSSR count). The van der Waals surface area contributed by atoms with Crippen molar-refractivity contribution < 1.29 is 0 Å². The van der Waals surface area contributed by atoms with Crippen LogP contribution in [0.2, 0.25) is 0 Å². The van der Waals surface area contributed by atoms with E-state index < -0.39 is 0 Å². The number of aromatic nitrogens is 2. The van der Waals surface area contributed by atoms with Gasteiger partial charge in [0.25, 0.3) is 0 Å². The Morgan fingerprint density at radius 3 is 2.76 bits per heavy atom. The molecule has 0 aliphatic rings. The molecule has 1 heterocycles. The zero-order chi connectivity index (χ0) is 12.8. The van der Waals surface area contributed by atoms with Gasteiger partial charge >= 0.3 is 0 Å². The summed E-state index contributed by atoms with van der Waals surface area (Å²) >= 11 is 8.66. The first-order valence-electron chi connectivity index (χ1n) is 5.76. The highest BCUT2D eigenvalue weighted by molar-refractivity contribution is 9.10. The van der Waals surface area contributed by atoms with E-state index in [2.05, 4.69) is 52.4 Å². The molecular formula is C11H19BrN4S. The van der Waals surface area contributed by atoms with Crippen molar-refractivity contribution >= 4 is 33.3 Å². The van der Waals surface area contributed by atoms with Gasteiger partial charge in [0.05, 0.1) is 16.7 Å². The molecule has 0 aliphatic carbocycles. The van der Waals surface area contributed by atoms with Gasteiger partial charge in [-0.3, -0.25) is 4.68 Å². The maximum absolute atomic E-state index is 5.18. The fraction of sp³-hybridized carbons (Fsp3) is 0.636. The molecule has 0 spiro atoms. The maximum Gasteiger partial charge on any atom is 0.166 e. The summed E-state index contributed by atoms with van der Waals surface area (Å²) < 4.78 is 2.91. The fourth-order valence-electron chi connectivity index (χ4n) is 1.24. The number of aryl methyl sites for hydroxylation is 1. The third-order valence-electron chi connectivity index (χ3n) is 2.20. The summed E-state index contributed by atoms with van der Waals surface area (Å²) in [6, 6.07) is 0. The molecule has 1 aromatic rings. The molecular weight excluding hydrogens is 300 g/mol. The van der Waals surface area contributed by atoms with Crippen LogP contribution in [-0.4, -0.2) is 21.4 Å². The normalized spacial score (nSPS) is 10.6. The average molecular weight is 319 g/mol. The summed E-state index contributed by atoms with van der Waals surface area (Å²) in [7, 11) is 0. The summed E-state index contributed by atoms with van der Waals surface area (Å²) in [5.74, 6) is 0.584. The van der Waals surface area contributed by atoms with Gasteiger partial charge in [0, 0.05) is 19.3 Å². The number of hydrogen-bond acceptors (Lipinski definition) is 2. The van der Waals surface area contributed by atoms with Crippen molar-refractivity contribution in [1.29, 1.82) is 0 Å². The molecule has 4 nitrogen and oxygen atoms in total. The molecule has 0 aromatic carbocycles. The molecule has 0 fully saturated rings. The molecule has 0 atom stereocenters. The predicted molar refractivity (Wildman–Crippen MR) is 77.9 cm³/mol. The Balaban J connectivity index is 2.39. The summed E-state index contributed by atoms with van der Waals surface area (Å²) in [5, 5.41) is 11.4. The second-order valence-corrected chi connectivity index (χ2v) is 5.50. The topological polar surface area (TPSA) is 41.9 Å². The molecule has 17 heavy (non-hydrogen) atoms. The molecule has 0 saturated heterocycles. The van der Waals surface area contributed by atoms with E-state index in [1.54, 1.807) is 0 Å². The smallest absolute Gasteiger partial charge is 0.166 e. The van der Waals surface area contributed by atoms with E-state index in [0.29, 0.717) is 17.6 Å². The standard InChI is InChI=1S/C11H19BrN4S/c1-4-16-7-9(12)10(15-16)6-14-11(17)13-5-8(2)3/h7-8H,4-6H2,1-3H3,(H2,13,14,17). The quantitative estimate of drug-likeness (QED) is 0.817. The van der Waals surface area contributed by atoms with Crippen LogP contribution in [0.25, 0.3) is 0 Å². The minimum Gasteiger partial charge on any atom is -0.362 e. The fourth-order valence-corrected chi connectivity index (χ4v) is 1.85. The van der Waals surface area contributed by atoms with Crippen molar-refractivity contribution in [3.05, 3.63) is 16.4 Å². The summed E-state index contributed by atoms with van der Waals surface area (Å²) in [6.07, 6.45) is 1.97. The molecule has 0 radical (unpaired) electrons. The van der Waals surface area contributed by atoms with E-state index in [-0.39, 0.29) is 0 Å². The highest BCUT2D eigenvalue weighted by atomic mass is 79.9. The van der Waals surface area contributed by atoms with Crippen molar-refractivity contribution in [1.82, 2.24) is 20.4 Å². The van der Waals surface area contributed by atoms with E-state index in [1.807, 2.05) is 10.9 Å². The molecule has 0 bridgehead atoms. The molecule has 0 amide bonds. The van der Waals surface area contributed by atoms with Crippen LogP contribution in [0, 0.1) is 5.92 Å². The van der Waals surface area contributed by atoms with Crippen molar-refractivity contribution in [2.75, 3.05) is 6.54 Å². The van der Waals surface area contributed by atoms with Gasteiger partial charge in [-0.1, -0.05) is 13.8 Å². The van der Waals surface area contributed by atoms with Gasteiger partial charge in [0.2, 0.25) is 0 Å². The highest BCUT2D eigenvalue weighted by Gasteiger charge is 2.06. The van der Waals surface area contributed by atoms with E-state index in [0.717, 1.165) is 23.3 Å². The maximum atomic E-state index is 5.18. The van der Waals surface area contributed by atoms with Crippen molar-refractivity contribution in [3.8, 4) is 0 Å². The Morgan fingerprint density at radius 1 is 1.53 bits per heavy atom. The van der Waals surface area contributed by atoms with Crippen LogP contribution in [0.4, 0.5) is 0 Å². The Labute approximate surface area is 116 Å². The molecule has 96 valence electrons. The summed E-state index contributed by atoms with van der Waals surface area (Å²) in [5.41, 5.74) is 0.973. The first-order valence-corrected chi connectivity index (χ1v) is 6.96. The van der Waals surface area contributed by atoms with Crippen LogP contribution in [0.15, 0.2) is 10.7 Å². The average Bonchev–Trinajstić information content (AvgIpc) is 2.64. The molecule has 1 aromatic heterocycles. The van der Waals surface area contributed by atoms with Crippen molar-refractivity contribution in [3.63, 3.8) is 0 Å². The van der Waals surface area contributed by atoms with Crippen molar-refractivity contribution in [2.24, 2.45) is 5.92 Å². The Hall–Kier alpha value is -0.620. The van der Waals surface area contributed by atoms with E-state index in [9.17, 15) is 0 Å². The first kappa shape index (κ1) is 14.4. The molecule has 2 N–H and O–H groups in total. The van der Waals surface area contributed by atoms with Gasteiger partial charge in [-0.05, 0) is 41.0 Å². The van der Waals surface area contributed by atoms with Gasteiger partial charge in [-0.2, -0.15) is 5.10 Å². The first-order chi connectivity index (χ1) is 8.02. The second-order valence-electron chi connectivity index (χ2n) is 4.24. The lowest BCUT2D eigenvalue weighted by Gasteiger charge is -2.11. The zero-order valence-electron chi connectivity index (χ0n) is 10.5. The van der Waals surface area contributed by atoms with Crippen LogP contribution in [-0.2, 0) is 13.1 Å². The lowest BCUT2D eigenvalue weighted by atomic mass is 10.2. The number of nitrogens with one attached hydrogen (secondary N) is 2. The van der Waals surface area contributed by atoms with E-state index in [1.165, 1.54) is 0 Å². The molecule has 6 heteroatoms. The molecule has 0 aliphatic heterocycles. The van der Waals surface area contributed by atoms with Crippen molar-refractivity contribution in [2.45, 2.75) is 33.9 Å². The monoisotopic (exact) mass is 318 g/mol. The second kappa shape index (κ2) is 6.96. The minimum atomic E-state index is 0.584. The van der Waals surface area contributed by atoms with E-state index in [4.69, 9.17) is 12.2 Å². The van der Waals surface area contributed by atoms with Gasteiger partial charge < -0.3 is 10.6 Å². The van der Waals surface area contributed by atoms with Gasteiger partial charge in [0.15, 0.2) is 5.11 Å². The van der Waals surface area contributed by atoms with Gasteiger partial charge in [-0.15, -0.1) is 0 Å². The Morgan fingerprint density at radius 2 is 2.24 bits per heavy atom. The third kappa shape index (κ3) is 5.04. The predicted octanol–water partition coefficient (Wildman–Crippen LogP) is 2.29. The lowest BCUT2D eigenvalue weighted by Crippen LogP contribution is -2.36. The van der Waals surface area contributed by atoms with Crippen LogP contribution < -0.4 is 10.6 Å². The SMILES string of the molecule is CCn1cc(Br)c(CNC(=S)NCC(C)C)n1. The summed E-state index contributed by atoms with van der Waals surface area (Å²) in [4.78, 5) is 0. The van der Waals surface area contributed by atoms with Crippen LogP contribution >= 0.6 is 28.1 Å². The number of thiocarbonyl (C=S) groups is 1.